The maximum atomic E-state index is 12.5. The van der Waals surface area contributed by atoms with E-state index in [4.69, 9.17) is 4.74 Å². The molecule has 1 aliphatic rings. The van der Waals surface area contributed by atoms with Crippen molar-refractivity contribution < 1.29 is 14.3 Å². The fraction of sp³-hybridized carbons (Fsp3) is 0.882. The average molecular weight is 342 g/mol. The van der Waals surface area contributed by atoms with Gasteiger partial charge in [-0.05, 0) is 27.7 Å². The van der Waals surface area contributed by atoms with E-state index in [1.807, 2.05) is 4.90 Å². The van der Waals surface area contributed by atoms with E-state index in [9.17, 15) is 9.59 Å². The van der Waals surface area contributed by atoms with Crippen LogP contribution in [0.5, 0.6) is 0 Å². The van der Waals surface area contributed by atoms with Crippen molar-refractivity contribution >= 4 is 11.8 Å². The Morgan fingerprint density at radius 1 is 1.00 bits per heavy atom. The summed E-state index contributed by atoms with van der Waals surface area (Å²) in [4.78, 5) is 30.5. The Hall–Kier alpha value is -1.18. The van der Waals surface area contributed by atoms with Gasteiger partial charge in [0.1, 0.15) is 0 Å². The lowest BCUT2D eigenvalue weighted by atomic mass is 10.2. The van der Waals surface area contributed by atoms with Gasteiger partial charge in [0.25, 0.3) is 0 Å². The molecule has 0 aliphatic carbocycles. The molecule has 7 heteroatoms. The topological polar surface area (TPSA) is 65.1 Å². The van der Waals surface area contributed by atoms with Crippen LogP contribution in [0.15, 0.2) is 0 Å². The Morgan fingerprint density at radius 3 is 1.96 bits per heavy atom. The second-order valence-electron chi connectivity index (χ2n) is 6.88. The number of nitrogens with zero attached hydrogens (tertiary/aromatic N) is 3. The van der Waals surface area contributed by atoms with Crippen molar-refractivity contribution in [2.75, 3.05) is 59.5 Å². The lowest BCUT2D eigenvalue weighted by Gasteiger charge is -2.37. The van der Waals surface area contributed by atoms with Gasteiger partial charge in [0, 0.05) is 51.9 Å². The summed E-state index contributed by atoms with van der Waals surface area (Å²) in [7, 11) is 1.62. The predicted molar refractivity (Wildman–Crippen MR) is 94.9 cm³/mol. The maximum Gasteiger partial charge on any atom is 0.237 e. The SMILES string of the molecule is COCCNC(=O)CN1CCN(CC(=O)N(C(C)C)C(C)C)CC1. The summed E-state index contributed by atoms with van der Waals surface area (Å²) in [6, 6.07) is 0.434. The van der Waals surface area contributed by atoms with Crippen molar-refractivity contribution in [1.82, 2.24) is 20.0 Å². The van der Waals surface area contributed by atoms with Crippen LogP contribution in [0, 0.1) is 0 Å². The van der Waals surface area contributed by atoms with Crippen molar-refractivity contribution in [2.45, 2.75) is 39.8 Å². The molecule has 2 amide bonds. The van der Waals surface area contributed by atoms with Crippen LogP contribution in [0.2, 0.25) is 0 Å². The largest absolute Gasteiger partial charge is 0.383 e. The number of carbonyl (C=O) groups is 2. The molecule has 140 valence electrons. The van der Waals surface area contributed by atoms with Crippen LogP contribution in [0.3, 0.4) is 0 Å². The molecule has 24 heavy (non-hydrogen) atoms. The predicted octanol–water partition coefficient (Wildman–Crippen LogP) is 0.0120. The Morgan fingerprint density at radius 2 is 1.50 bits per heavy atom. The standard InChI is InChI=1S/C17H34N4O3/c1-14(2)21(15(3)4)17(23)13-20-9-7-19(8-10-20)12-16(22)18-6-11-24-5/h14-15H,6-13H2,1-5H3,(H,18,22). The molecule has 1 aliphatic heterocycles. The molecule has 1 rings (SSSR count). The van der Waals surface area contributed by atoms with E-state index in [0.717, 1.165) is 26.2 Å². The number of hydrogen-bond acceptors (Lipinski definition) is 5. The van der Waals surface area contributed by atoms with Crippen LogP contribution in [0.25, 0.3) is 0 Å². The molecule has 0 aromatic carbocycles. The fourth-order valence-electron chi connectivity index (χ4n) is 3.10. The zero-order chi connectivity index (χ0) is 18.1. The maximum absolute atomic E-state index is 12.5. The number of methoxy groups -OCH3 is 1. The van der Waals surface area contributed by atoms with E-state index < -0.39 is 0 Å². The molecule has 1 saturated heterocycles. The zero-order valence-electron chi connectivity index (χ0n) is 15.9. The van der Waals surface area contributed by atoms with Gasteiger partial charge in [0.15, 0.2) is 0 Å². The molecule has 0 saturated carbocycles. The third-order valence-electron chi connectivity index (χ3n) is 4.22. The van der Waals surface area contributed by atoms with E-state index in [1.54, 1.807) is 7.11 Å². The first-order valence-electron chi connectivity index (χ1n) is 8.86. The van der Waals surface area contributed by atoms with E-state index in [-0.39, 0.29) is 23.9 Å². The Bertz CT molecular complexity index is 385. The highest BCUT2D eigenvalue weighted by Gasteiger charge is 2.25. The summed E-state index contributed by atoms with van der Waals surface area (Å²) < 4.78 is 4.92. The normalized spacial score (nSPS) is 16.6. The van der Waals surface area contributed by atoms with Gasteiger partial charge in [-0.3, -0.25) is 19.4 Å². The Balaban J connectivity index is 2.32. The van der Waals surface area contributed by atoms with Gasteiger partial charge < -0.3 is 15.0 Å². The molecule has 0 atom stereocenters. The van der Waals surface area contributed by atoms with Crippen molar-refractivity contribution in [3.63, 3.8) is 0 Å². The van der Waals surface area contributed by atoms with Crippen LogP contribution in [0.4, 0.5) is 0 Å². The van der Waals surface area contributed by atoms with Gasteiger partial charge in [-0.1, -0.05) is 0 Å². The van der Waals surface area contributed by atoms with Gasteiger partial charge in [-0.25, -0.2) is 0 Å². The van der Waals surface area contributed by atoms with Crippen molar-refractivity contribution in [2.24, 2.45) is 0 Å². The minimum absolute atomic E-state index is 0.0300. The molecule has 0 bridgehead atoms. The molecule has 0 spiro atoms. The minimum Gasteiger partial charge on any atom is -0.383 e. The first-order chi connectivity index (χ1) is 11.3. The highest BCUT2D eigenvalue weighted by Crippen LogP contribution is 2.08. The third kappa shape index (κ3) is 7.15. The van der Waals surface area contributed by atoms with E-state index in [2.05, 4.69) is 42.8 Å². The molecule has 7 nitrogen and oxygen atoms in total. The summed E-state index contributed by atoms with van der Waals surface area (Å²) in [6.07, 6.45) is 0. The quantitative estimate of drug-likeness (QED) is 0.598. The van der Waals surface area contributed by atoms with Crippen LogP contribution in [0.1, 0.15) is 27.7 Å². The number of ether oxygens (including phenoxy) is 1. The molecule has 0 aromatic rings. The average Bonchev–Trinajstić information content (AvgIpc) is 2.48. The van der Waals surface area contributed by atoms with Crippen molar-refractivity contribution in [3.05, 3.63) is 0 Å². The first-order valence-corrected chi connectivity index (χ1v) is 8.86. The number of piperazine rings is 1. The second kappa shape index (κ2) is 10.6. The highest BCUT2D eigenvalue weighted by molar-refractivity contribution is 5.79. The van der Waals surface area contributed by atoms with Crippen LogP contribution < -0.4 is 5.32 Å². The summed E-state index contributed by atoms with van der Waals surface area (Å²) in [5.41, 5.74) is 0. The summed E-state index contributed by atoms with van der Waals surface area (Å²) in [6.45, 7) is 13.4. The molecule has 1 fully saturated rings. The lowest BCUT2D eigenvalue weighted by molar-refractivity contribution is -0.136. The number of hydrogen-bond donors (Lipinski definition) is 1. The number of rotatable bonds is 9. The third-order valence-corrected chi connectivity index (χ3v) is 4.22. The lowest BCUT2D eigenvalue weighted by Crippen LogP contribution is -2.53. The first kappa shape index (κ1) is 20.9. The molecular weight excluding hydrogens is 308 g/mol. The van der Waals surface area contributed by atoms with Crippen LogP contribution in [-0.2, 0) is 14.3 Å². The number of nitrogens with one attached hydrogen (secondary N) is 1. The van der Waals surface area contributed by atoms with Gasteiger partial charge in [-0.15, -0.1) is 0 Å². The molecule has 0 radical (unpaired) electrons. The van der Waals surface area contributed by atoms with Crippen molar-refractivity contribution in [3.8, 4) is 0 Å². The smallest absolute Gasteiger partial charge is 0.237 e. The number of amides is 2. The molecule has 0 unspecified atom stereocenters. The van der Waals surface area contributed by atoms with Gasteiger partial charge in [-0.2, -0.15) is 0 Å². The van der Waals surface area contributed by atoms with Crippen LogP contribution >= 0.6 is 0 Å². The van der Waals surface area contributed by atoms with Crippen molar-refractivity contribution in [1.29, 1.82) is 0 Å². The zero-order valence-corrected chi connectivity index (χ0v) is 15.9. The molecule has 0 aromatic heterocycles. The monoisotopic (exact) mass is 342 g/mol. The second-order valence-corrected chi connectivity index (χ2v) is 6.88. The van der Waals surface area contributed by atoms with Gasteiger partial charge >= 0.3 is 0 Å². The van der Waals surface area contributed by atoms with Crippen LogP contribution in [-0.4, -0.2) is 98.1 Å². The van der Waals surface area contributed by atoms with E-state index in [1.165, 1.54) is 0 Å². The van der Waals surface area contributed by atoms with E-state index >= 15 is 0 Å². The summed E-state index contributed by atoms with van der Waals surface area (Å²) in [5.74, 6) is 0.216. The number of carbonyl (C=O) groups excluding carboxylic acids is 2. The Labute approximate surface area is 146 Å². The van der Waals surface area contributed by atoms with Gasteiger partial charge in [0.2, 0.25) is 11.8 Å². The fourth-order valence-corrected chi connectivity index (χ4v) is 3.10. The Kier molecular flexibility index (Phi) is 9.25. The molecular formula is C17H34N4O3. The van der Waals surface area contributed by atoms with E-state index in [0.29, 0.717) is 26.2 Å². The molecule has 1 heterocycles. The molecule has 1 N–H and O–H groups in total. The summed E-state index contributed by atoms with van der Waals surface area (Å²) >= 11 is 0. The minimum atomic E-state index is 0.0300. The summed E-state index contributed by atoms with van der Waals surface area (Å²) in [5, 5.41) is 2.83. The highest BCUT2D eigenvalue weighted by atomic mass is 16.5. The van der Waals surface area contributed by atoms with Gasteiger partial charge in [0.05, 0.1) is 19.7 Å².